The zero-order valence-electron chi connectivity index (χ0n) is 14.3. The number of hydrogen-bond donors (Lipinski definition) is 2. The van der Waals surface area contributed by atoms with Crippen LogP contribution in [0.5, 0.6) is 0 Å². The molecule has 2 aromatic heterocycles. The van der Waals surface area contributed by atoms with Crippen molar-refractivity contribution in [3.8, 4) is 11.1 Å². The van der Waals surface area contributed by atoms with Gasteiger partial charge in [-0.1, -0.05) is 6.07 Å². The zero-order chi connectivity index (χ0) is 17.5. The lowest BCUT2D eigenvalue weighted by molar-refractivity contribution is 0.214. The van der Waals surface area contributed by atoms with Gasteiger partial charge in [0.05, 0.1) is 6.54 Å². The molecule has 0 unspecified atom stereocenters. The van der Waals surface area contributed by atoms with Gasteiger partial charge in [-0.25, -0.2) is 9.37 Å². The molecule has 3 heterocycles. The van der Waals surface area contributed by atoms with E-state index in [-0.39, 0.29) is 5.82 Å². The Kier molecular flexibility index (Phi) is 3.72. The van der Waals surface area contributed by atoms with Crippen LogP contribution in [0.3, 0.4) is 0 Å². The largest absolute Gasteiger partial charge is 0.439 e. The minimum absolute atomic E-state index is 0.240. The summed E-state index contributed by atoms with van der Waals surface area (Å²) in [7, 11) is 0. The van der Waals surface area contributed by atoms with Crippen molar-refractivity contribution in [2.75, 3.05) is 26.2 Å². The fourth-order valence-electron chi connectivity index (χ4n) is 3.61. The van der Waals surface area contributed by atoms with E-state index in [9.17, 15) is 4.39 Å². The molecule has 4 aromatic rings. The molecule has 0 aliphatic carbocycles. The molecule has 0 spiro atoms. The summed E-state index contributed by atoms with van der Waals surface area (Å²) in [6.07, 6.45) is 1.91. The summed E-state index contributed by atoms with van der Waals surface area (Å²) >= 11 is 0. The lowest BCUT2D eigenvalue weighted by Crippen LogP contribution is -2.42. The van der Waals surface area contributed by atoms with Gasteiger partial charge in [-0.15, -0.1) is 0 Å². The summed E-state index contributed by atoms with van der Waals surface area (Å²) in [6.45, 7) is 4.76. The van der Waals surface area contributed by atoms with Crippen molar-refractivity contribution in [3.63, 3.8) is 0 Å². The molecule has 2 N–H and O–H groups in total. The first-order chi connectivity index (χ1) is 12.8. The van der Waals surface area contributed by atoms with Crippen LogP contribution >= 0.6 is 0 Å². The third-order valence-electron chi connectivity index (χ3n) is 4.96. The van der Waals surface area contributed by atoms with Gasteiger partial charge in [0.15, 0.2) is 5.58 Å². The second-order valence-electron chi connectivity index (χ2n) is 6.71. The Morgan fingerprint density at radius 1 is 1.12 bits per heavy atom. The summed E-state index contributed by atoms with van der Waals surface area (Å²) < 4.78 is 19.3. The van der Waals surface area contributed by atoms with Gasteiger partial charge in [-0.3, -0.25) is 4.90 Å². The Morgan fingerprint density at radius 3 is 2.88 bits per heavy atom. The minimum atomic E-state index is -0.240. The van der Waals surface area contributed by atoms with Crippen LogP contribution in [-0.4, -0.2) is 41.0 Å². The van der Waals surface area contributed by atoms with Crippen molar-refractivity contribution in [2.24, 2.45) is 0 Å². The molecule has 0 radical (unpaired) electrons. The van der Waals surface area contributed by atoms with Crippen molar-refractivity contribution in [1.29, 1.82) is 0 Å². The number of nitrogens with one attached hydrogen (secondary N) is 2. The van der Waals surface area contributed by atoms with Gasteiger partial charge >= 0.3 is 0 Å². The van der Waals surface area contributed by atoms with Gasteiger partial charge in [-0.2, -0.15) is 0 Å². The van der Waals surface area contributed by atoms with Crippen molar-refractivity contribution >= 4 is 22.0 Å². The molecule has 1 aliphatic rings. The normalized spacial score (nSPS) is 15.9. The number of oxazole rings is 1. The number of benzene rings is 2. The second kappa shape index (κ2) is 6.23. The molecule has 5 rings (SSSR count). The molecule has 0 saturated carbocycles. The van der Waals surface area contributed by atoms with E-state index in [1.807, 2.05) is 24.4 Å². The van der Waals surface area contributed by atoms with E-state index in [0.717, 1.165) is 71.7 Å². The first kappa shape index (κ1) is 15.5. The first-order valence-electron chi connectivity index (χ1n) is 8.86. The molecule has 2 aromatic carbocycles. The smallest absolute Gasteiger partial charge is 0.209 e. The number of fused-ring (bicyclic) bond motifs is 2. The number of hydrogen-bond acceptors (Lipinski definition) is 4. The number of aromatic amines is 1. The summed E-state index contributed by atoms with van der Waals surface area (Å²) in [6, 6.07) is 10.8. The molecule has 6 heteroatoms. The fraction of sp³-hybridized carbons (Fsp3) is 0.250. The van der Waals surface area contributed by atoms with Gasteiger partial charge in [-0.05, 0) is 35.9 Å². The van der Waals surface area contributed by atoms with Crippen LogP contribution < -0.4 is 5.32 Å². The number of aromatic nitrogens is 2. The average molecular weight is 350 g/mol. The minimum Gasteiger partial charge on any atom is -0.439 e. The first-order valence-corrected chi connectivity index (χ1v) is 8.86. The molecule has 0 amide bonds. The number of piperazine rings is 1. The van der Waals surface area contributed by atoms with E-state index in [1.54, 1.807) is 6.07 Å². The van der Waals surface area contributed by atoms with Crippen LogP contribution in [0.25, 0.3) is 33.1 Å². The average Bonchev–Trinajstić information content (AvgIpc) is 3.24. The third-order valence-corrected chi connectivity index (χ3v) is 4.96. The monoisotopic (exact) mass is 350 g/mol. The lowest BCUT2D eigenvalue weighted by Gasteiger charge is -2.25. The Morgan fingerprint density at radius 2 is 2.00 bits per heavy atom. The highest BCUT2D eigenvalue weighted by Gasteiger charge is 2.15. The van der Waals surface area contributed by atoms with Crippen LogP contribution in [-0.2, 0) is 6.54 Å². The van der Waals surface area contributed by atoms with Crippen LogP contribution in [0.1, 0.15) is 5.89 Å². The number of rotatable bonds is 3. The number of H-pyrrole nitrogens is 1. The summed E-state index contributed by atoms with van der Waals surface area (Å²) in [4.78, 5) is 10.2. The Balaban J connectivity index is 1.49. The van der Waals surface area contributed by atoms with E-state index >= 15 is 0 Å². The molecular weight excluding hydrogens is 331 g/mol. The van der Waals surface area contributed by atoms with Crippen molar-refractivity contribution < 1.29 is 8.81 Å². The topological polar surface area (TPSA) is 57.1 Å². The molecule has 1 aliphatic heterocycles. The predicted octanol–water partition coefficient (Wildman–Crippen LogP) is 3.52. The Bertz CT molecular complexity index is 1080. The van der Waals surface area contributed by atoms with E-state index in [4.69, 9.17) is 4.42 Å². The Labute approximate surface area is 149 Å². The molecule has 1 fully saturated rings. The number of nitrogens with zero attached hydrogens (tertiary/aromatic N) is 2. The molecular formula is C20H19FN4O. The standard InChI is InChI=1S/C20H19FN4O/c21-14-2-3-15-16(11-23-17(15)10-14)13-1-4-19-18(9-13)24-20(26-19)12-25-7-5-22-6-8-25/h1-4,9-11,22-23H,5-8,12H2. The highest BCUT2D eigenvalue weighted by Crippen LogP contribution is 2.31. The van der Waals surface area contributed by atoms with Gasteiger partial charge < -0.3 is 14.7 Å². The molecule has 0 atom stereocenters. The van der Waals surface area contributed by atoms with Crippen molar-refractivity contribution in [2.45, 2.75) is 6.54 Å². The van der Waals surface area contributed by atoms with Gasteiger partial charge in [0.1, 0.15) is 11.3 Å². The number of halogens is 1. The maximum atomic E-state index is 13.4. The van der Waals surface area contributed by atoms with E-state index < -0.39 is 0 Å². The molecule has 26 heavy (non-hydrogen) atoms. The van der Waals surface area contributed by atoms with Gasteiger partial charge in [0.25, 0.3) is 0 Å². The summed E-state index contributed by atoms with van der Waals surface area (Å²) in [5, 5.41) is 4.34. The van der Waals surface area contributed by atoms with Crippen molar-refractivity contribution in [3.05, 3.63) is 54.3 Å². The molecule has 0 bridgehead atoms. The fourth-order valence-corrected chi connectivity index (χ4v) is 3.61. The van der Waals surface area contributed by atoms with E-state index in [1.165, 1.54) is 12.1 Å². The van der Waals surface area contributed by atoms with E-state index in [2.05, 4.69) is 20.2 Å². The molecule has 132 valence electrons. The van der Waals surface area contributed by atoms with E-state index in [0.29, 0.717) is 0 Å². The summed E-state index contributed by atoms with van der Waals surface area (Å²) in [5.41, 5.74) is 4.51. The van der Waals surface area contributed by atoms with Crippen LogP contribution in [0, 0.1) is 5.82 Å². The third kappa shape index (κ3) is 2.77. The Hall–Kier alpha value is -2.70. The quantitative estimate of drug-likeness (QED) is 0.594. The maximum Gasteiger partial charge on any atom is 0.209 e. The zero-order valence-corrected chi connectivity index (χ0v) is 14.3. The van der Waals surface area contributed by atoms with Gasteiger partial charge in [0.2, 0.25) is 5.89 Å². The lowest BCUT2D eigenvalue weighted by atomic mass is 10.0. The highest BCUT2D eigenvalue weighted by molar-refractivity contribution is 5.97. The van der Waals surface area contributed by atoms with Crippen LogP contribution in [0.4, 0.5) is 4.39 Å². The van der Waals surface area contributed by atoms with Gasteiger partial charge in [0, 0.05) is 48.8 Å². The van der Waals surface area contributed by atoms with Crippen LogP contribution in [0.15, 0.2) is 47.0 Å². The maximum absolute atomic E-state index is 13.4. The van der Waals surface area contributed by atoms with Crippen LogP contribution in [0.2, 0.25) is 0 Å². The SMILES string of the molecule is Fc1ccc2c(-c3ccc4oc(CN5CCNCC5)nc4c3)c[nH]c2c1. The molecule has 1 saturated heterocycles. The second-order valence-corrected chi connectivity index (χ2v) is 6.71. The molecule has 5 nitrogen and oxygen atoms in total. The highest BCUT2D eigenvalue weighted by atomic mass is 19.1. The summed E-state index contributed by atoms with van der Waals surface area (Å²) in [5.74, 6) is 0.510. The predicted molar refractivity (Wildman–Crippen MR) is 99.4 cm³/mol. The van der Waals surface area contributed by atoms with Crippen molar-refractivity contribution in [1.82, 2.24) is 20.2 Å².